The zero-order valence-corrected chi connectivity index (χ0v) is 10.6. The van der Waals surface area contributed by atoms with E-state index in [0.717, 1.165) is 38.5 Å². The number of hydrogen-bond acceptors (Lipinski definition) is 2. The molecule has 0 fully saturated rings. The van der Waals surface area contributed by atoms with Gasteiger partial charge in [-0.3, -0.25) is 4.79 Å². The first-order valence-corrected chi connectivity index (χ1v) is 6.44. The van der Waals surface area contributed by atoms with E-state index in [1.165, 1.54) is 6.42 Å². The molecule has 0 aliphatic heterocycles. The lowest BCUT2D eigenvalue weighted by Crippen LogP contribution is -2.17. The first-order valence-electron chi connectivity index (χ1n) is 6.44. The van der Waals surface area contributed by atoms with E-state index in [9.17, 15) is 4.79 Å². The van der Waals surface area contributed by atoms with Crippen LogP contribution in [0.2, 0.25) is 0 Å². The molecule has 0 unspecified atom stereocenters. The van der Waals surface area contributed by atoms with E-state index >= 15 is 0 Å². The van der Waals surface area contributed by atoms with Crippen molar-refractivity contribution < 1.29 is 9.53 Å². The van der Waals surface area contributed by atoms with Crippen molar-refractivity contribution in [3.63, 3.8) is 0 Å². The molecule has 0 aliphatic rings. The molecule has 2 heteroatoms. The standard InChI is InChI=1S/C13H26O2/c1-4-7-9-11-13(14)15-12(6-3)10-8-5-2/h12H,4-11H2,1-3H3/t12-/m1/s1. The van der Waals surface area contributed by atoms with Crippen LogP contribution in [-0.4, -0.2) is 12.1 Å². The summed E-state index contributed by atoms with van der Waals surface area (Å²) in [5.74, 6) is -0.00796. The Balaban J connectivity index is 3.60. The number of carbonyl (C=O) groups is 1. The summed E-state index contributed by atoms with van der Waals surface area (Å²) in [5, 5.41) is 0. The highest BCUT2D eigenvalue weighted by Crippen LogP contribution is 2.10. The van der Waals surface area contributed by atoms with Crippen molar-refractivity contribution in [3.8, 4) is 0 Å². The predicted molar refractivity (Wildman–Crippen MR) is 63.8 cm³/mol. The van der Waals surface area contributed by atoms with Crippen LogP contribution in [0, 0.1) is 0 Å². The fourth-order valence-electron chi connectivity index (χ4n) is 1.54. The van der Waals surface area contributed by atoms with Gasteiger partial charge in [0.25, 0.3) is 0 Å². The summed E-state index contributed by atoms with van der Waals surface area (Å²) < 4.78 is 5.41. The lowest BCUT2D eigenvalue weighted by molar-refractivity contribution is -0.149. The van der Waals surface area contributed by atoms with E-state index in [1.807, 2.05) is 0 Å². The van der Waals surface area contributed by atoms with Crippen LogP contribution >= 0.6 is 0 Å². The van der Waals surface area contributed by atoms with Gasteiger partial charge in [-0.05, 0) is 19.3 Å². The van der Waals surface area contributed by atoms with Gasteiger partial charge in [-0.15, -0.1) is 0 Å². The van der Waals surface area contributed by atoms with Crippen LogP contribution in [0.5, 0.6) is 0 Å². The maximum Gasteiger partial charge on any atom is 0.306 e. The minimum Gasteiger partial charge on any atom is -0.462 e. The predicted octanol–water partition coefficient (Wildman–Crippen LogP) is 4.08. The molecule has 0 aromatic rings. The molecule has 0 heterocycles. The van der Waals surface area contributed by atoms with Gasteiger partial charge in [0, 0.05) is 6.42 Å². The third kappa shape index (κ3) is 8.46. The molecular weight excluding hydrogens is 188 g/mol. The summed E-state index contributed by atoms with van der Waals surface area (Å²) in [6.45, 7) is 6.39. The van der Waals surface area contributed by atoms with Crippen molar-refractivity contribution in [1.82, 2.24) is 0 Å². The number of carbonyl (C=O) groups excluding carboxylic acids is 1. The second-order valence-electron chi connectivity index (χ2n) is 4.12. The number of unbranched alkanes of at least 4 members (excludes halogenated alkanes) is 3. The number of hydrogen-bond donors (Lipinski definition) is 0. The van der Waals surface area contributed by atoms with Crippen molar-refractivity contribution >= 4 is 5.97 Å². The van der Waals surface area contributed by atoms with Crippen LogP contribution in [0.3, 0.4) is 0 Å². The highest BCUT2D eigenvalue weighted by Gasteiger charge is 2.11. The lowest BCUT2D eigenvalue weighted by Gasteiger charge is -2.15. The number of esters is 1. The molecule has 2 nitrogen and oxygen atoms in total. The average molecular weight is 214 g/mol. The molecule has 0 saturated carbocycles. The Labute approximate surface area is 94.4 Å². The Morgan fingerprint density at radius 1 is 1.07 bits per heavy atom. The molecule has 0 spiro atoms. The summed E-state index contributed by atoms with van der Waals surface area (Å²) in [7, 11) is 0. The van der Waals surface area contributed by atoms with E-state index in [2.05, 4.69) is 20.8 Å². The second kappa shape index (κ2) is 10.0. The summed E-state index contributed by atoms with van der Waals surface area (Å²) in [5.41, 5.74) is 0. The molecular formula is C13H26O2. The number of rotatable bonds is 9. The van der Waals surface area contributed by atoms with Crippen LogP contribution in [0.1, 0.15) is 72.1 Å². The van der Waals surface area contributed by atoms with Crippen molar-refractivity contribution in [2.45, 2.75) is 78.2 Å². The first-order chi connectivity index (χ1) is 7.24. The van der Waals surface area contributed by atoms with Crippen molar-refractivity contribution in [2.24, 2.45) is 0 Å². The molecule has 15 heavy (non-hydrogen) atoms. The van der Waals surface area contributed by atoms with Gasteiger partial charge >= 0.3 is 5.97 Å². The van der Waals surface area contributed by atoms with Crippen LogP contribution < -0.4 is 0 Å². The van der Waals surface area contributed by atoms with E-state index in [0.29, 0.717) is 6.42 Å². The van der Waals surface area contributed by atoms with E-state index in [-0.39, 0.29) is 12.1 Å². The maximum absolute atomic E-state index is 11.4. The molecule has 0 amide bonds. The highest BCUT2D eigenvalue weighted by molar-refractivity contribution is 5.69. The molecule has 0 rings (SSSR count). The molecule has 0 saturated heterocycles. The summed E-state index contributed by atoms with van der Waals surface area (Å²) in [6.07, 6.45) is 8.28. The van der Waals surface area contributed by atoms with Gasteiger partial charge < -0.3 is 4.74 Å². The number of ether oxygens (including phenoxy) is 1. The molecule has 0 aromatic heterocycles. The van der Waals surface area contributed by atoms with Crippen LogP contribution in [0.15, 0.2) is 0 Å². The average Bonchev–Trinajstić information content (AvgIpc) is 2.24. The molecule has 0 bridgehead atoms. The SMILES string of the molecule is CCCCCC(=O)O[C@H](CC)CCCC. The van der Waals surface area contributed by atoms with E-state index < -0.39 is 0 Å². The first kappa shape index (κ1) is 14.5. The molecule has 1 atom stereocenters. The largest absolute Gasteiger partial charge is 0.462 e. The van der Waals surface area contributed by atoms with Crippen molar-refractivity contribution in [3.05, 3.63) is 0 Å². The Morgan fingerprint density at radius 3 is 2.27 bits per heavy atom. The third-order valence-electron chi connectivity index (χ3n) is 2.62. The maximum atomic E-state index is 11.4. The lowest BCUT2D eigenvalue weighted by atomic mass is 10.1. The Bertz CT molecular complexity index is 155. The highest BCUT2D eigenvalue weighted by atomic mass is 16.5. The van der Waals surface area contributed by atoms with Gasteiger partial charge in [-0.25, -0.2) is 0 Å². The van der Waals surface area contributed by atoms with Crippen LogP contribution in [0.25, 0.3) is 0 Å². The zero-order valence-electron chi connectivity index (χ0n) is 10.6. The van der Waals surface area contributed by atoms with Gasteiger partial charge in [0.2, 0.25) is 0 Å². The van der Waals surface area contributed by atoms with Gasteiger partial charge in [0.1, 0.15) is 6.10 Å². The fraction of sp³-hybridized carbons (Fsp3) is 0.923. The molecule has 0 radical (unpaired) electrons. The minimum atomic E-state index is -0.00796. The smallest absolute Gasteiger partial charge is 0.306 e. The normalized spacial score (nSPS) is 12.5. The zero-order chi connectivity index (χ0) is 11.5. The van der Waals surface area contributed by atoms with E-state index in [4.69, 9.17) is 4.74 Å². The van der Waals surface area contributed by atoms with E-state index in [1.54, 1.807) is 0 Å². The molecule has 0 aliphatic carbocycles. The summed E-state index contributed by atoms with van der Waals surface area (Å²) in [4.78, 5) is 11.4. The molecule has 90 valence electrons. The topological polar surface area (TPSA) is 26.3 Å². The van der Waals surface area contributed by atoms with Crippen molar-refractivity contribution in [2.75, 3.05) is 0 Å². The second-order valence-corrected chi connectivity index (χ2v) is 4.12. The minimum absolute atomic E-state index is 0.00796. The monoisotopic (exact) mass is 214 g/mol. The van der Waals surface area contributed by atoms with Gasteiger partial charge in [-0.2, -0.15) is 0 Å². The van der Waals surface area contributed by atoms with Crippen molar-refractivity contribution in [1.29, 1.82) is 0 Å². The van der Waals surface area contributed by atoms with Gasteiger partial charge in [0.15, 0.2) is 0 Å². The Hall–Kier alpha value is -0.530. The van der Waals surface area contributed by atoms with Crippen LogP contribution in [-0.2, 0) is 9.53 Å². The van der Waals surface area contributed by atoms with Gasteiger partial charge in [-0.1, -0.05) is 46.5 Å². The van der Waals surface area contributed by atoms with Crippen LogP contribution in [0.4, 0.5) is 0 Å². The Morgan fingerprint density at radius 2 is 1.73 bits per heavy atom. The quantitative estimate of drug-likeness (QED) is 0.427. The van der Waals surface area contributed by atoms with Gasteiger partial charge in [0.05, 0.1) is 0 Å². The summed E-state index contributed by atoms with van der Waals surface area (Å²) >= 11 is 0. The third-order valence-corrected chi connectivity index (χ3v) is 2.62. The molecule has 0 N–H and O–H groups in total. The molecule has 0 aromatic carbocycles. The Kier molecular flexibility index (Phi) is 9.65. The summed E-state index contributed by atoms with van der Waals surface area (Å²) in [6, 6.07) is 0. The fourth-order valence-corrected chi connectivity index (χ4v) is 1.54.